The average Bonchev–Trinajstić information content (AvgIpc) is 2.26. The molecule has 80 valence electrons. The maximum absolute atomic E-state index is 13.6. The van der Waals surface area contributed by atoms with E-state index in [2.05, 4.69) is 21.2 Å². The lowest BCUT2D eigenvalue weighted by Crippen LogP contribution is -2.07. The summed E-state index contributed by atoms with van der Waals surface area (Å²) in [6, 6.07) is 0. The van der Waals surface area contributed by atoms with Crippen molar-refractivity contribution in [1.82, 2.24) is 9.97 Å². The number of hydrogen-bond acceptors (Lipinski definition) is 3. The van der Waals surface area contributed by atoms with Gasteiger partial charge in [0.05, 0.1) is 5.69 Å². The minimum Gasteiger partial charge on any atom is -0.367 e. The predicted molar refractivity (Wildman–Crippen MR) is 57.9 cm³/mol. The van der Waals surface area contributed by atoms with Crippen molar-refractivity contribution in [2.24, 2.45) is 0 Å². The molecule has 0 fully saturated rings. The summed E-state index contributed by atoms with van der Waals surface area (Å²) in [4.78, 5) is 7.68. The molecule has 1 N–H and O–H groups in total. The Morgan fingerprint density at radius 1 is 1.53 bits per heavy atom. The van der Waals surface area contributed by atoms with E-state index in [0.29, 0.717) is 25.1 Å². The van der Waals surface area contributed by atoms with Crippen molar-refractivity contribution in [3.8, 4) is 12.3 Å². The topological polar surface area (TPSA) is 37.8 Å². The summed E-state index contributed by atoms with van der Waals surface area (Å²) in [6.45, 7) is 2.48. The number of aromatic nitrogens is 2. The van der Waals surface area contributed by atoms with Crippen LogP contribution < -0.4 is 5.32 Å². The minimum absolute atomic E-state index is 0.263. The van der Waals surface area contributed by atoms with E-state index >= 15 is 0 Å². The first-order valence-electron chi connectivity index (χ1n) is 4.96. The first-order valence-corrected chi connectivity index (χ1v) is 4.96. The van der Waals surface area contributed by atoms with Crippen LogP contribution >= 0.6 is 0 Å². The van der Waals surface area contributed by atoms with Gasteiger partial charge in [0.1, 0.15) is 6.33 Å². The van der Waals surface area contributed by atoms with Crippen LogP contribution in [-0.4, -0.2) is 16.5 Å². The summed E-state index contributed by atoms with van der Waals surface area (Å²) in [6.07, 6.45) is 8.52. The SMILES string of the molecule is C#CCCCNc1ncnc(CC)c1F. The standard InChI is InChI=1S/C11H14FN3/c1-3-5-6-7-13-11-10(12)9(4-2)14-8-15-11/h1,8H,4-7H2,2H3,(H,13,14,15). The second-order valence-electron chi connectivity index (χ2n) is 3.07. The molecule has 0 unspecified atom stereocenters. The number of hydrogen-bond donors (Lipinski definition) is 1. The highest BCUT2D eigenvalue weighted by Gasteiger charge is 2.08. The molecule has 0 bridgehead atoms. The Balaban J connectivity index is 2.58. The predicted octanol–water partition coefficient (Wildman–Crippen LogP) is 2.00. The van der Waals surface area contributed by atoms with Crippen molar-refractivity contribution in [3.63, 3.8) is 0 Å². The fourth-order valence-electron chi connectivity index (χ4n) is 1.17. The third-order valence-electron chi connectivity index (χ3n) is 1.99. The Morgan fingerprint density at radius 2 is 2.33 bits per heavy atom. The number of halogens is 1. The van der Waals surface area contributed by atoms with Crippen LogP contribution in [0.1, 0.15) is 25.5 Å². The van der Waals surface area contributed by atoms with E-state index in [1.54, 1.807) is 0 Å². The number of nitrogens with one attached hydrogen (secondary N) is 1. The zero-order valence-electron chi connectivity index (χ0n) is 8.76. The molecule has 0 aliphatic heterocycles. The molecule has 3 nitrogen and oxygen atoms in total. The van der Waals surface area contributed by atoms with Gasteiger partial charge in [0.25, 0.3) is 0 Å². The normalized spacial score (nSPS) is 9.67. The molecule has 0 spiro atoms. The van der Waals surface area contributed by atoms with Crippen molar-refractivity contribution in [1.29, 1.82) is 0 Å². The molecule has 0 aliphatic rings. The van der Waals surface area contributed by atoms with Crippen molar-refractivity contribution < 1.29 is 4.39 Å². The Morgan fingerprint density at radius 3 is 3.00 bits per heavy atom. The first-order chi connectivity index (χ1) is 7.29. The van der Waals surface area contributed by atoms with Crippen LogP contribution in [0.5, 0.6) is 0 Å². The summed E-state index contributed by atoms with van der Waals surface area (Å²) >= 11 is 0. The number of anilines is 1. The lowest BCUT2D eigenvalue weighted by Gasteiger charge is -2.06. The van der Waals surface area contributed by atoms with Gasteiger partial charge in [0.2, 0.25) is 0 Å². The van der Waals surface area contributed by atoms with Crippen LogP contribution in [0, 0.1) is 18.2 Å². The number of nitrogens with zero attached hydrogens (tertiary/aromatic N) is 2. The Kier molecular flexibility index (Phi) is 4.55. The monoisotopic (exact) mass is 207 g/mol. The molecule has 0 saturated carbocycles. The molecule has 1 heterocycles. The lowest BCUT2D eigenvalue weighted by atomic mass is 10.3. The van der Waals surface area contributed by atoms with E-state index in [4.69, 9.17) is 6.42 Å². The van der Waals surface area contributed by atoms with E-state index < -0.39 is 0 Å². The van der Waals surface area contributed by atoms with Gasteiger partial charge < -0.3 is 5.32 Å². The van der Waals surface area contributed by atoms with Crippen LogP contribution in [0.4, 0.5) is 10.2 Å². The van der Waals surface area contributed by atoms with Crippen molar-refractivity contribution in [2.45, 2.75) is 26.2 Å². The van der Waals surface area contributed by atoms with E-state index in [-0.39, 0.29) is 11.6 Å². The molecule has 1 aromatic heterocycles. The maximum atomic E-state index is 13.6. The molecular weight excluding hydrogens is 193 g/mol. The molecule has 0 saturated heterocycles. The van der Waals surface area contributed by atoms with Crippen molar-refractivity contribution >= 4 is 5.82 Å². The largest absolute Gasteiger partial charge is 0.367 e. The van der Waals surface area contributed by atoms with Gasteiger partial charge in [-0.25, -0.2) is 14.4 Å². The van der Waals surface area contributed by atoms with Crippen LogP contribution in [0.15, 0.2) is 6.33 Å². The molecule has 0 atom stereocenters. The van der Waals surface area contributed by atoms with Gasteiger partial charge in [-0.1, -0.05) is 6.92 Å². The summed E-state index contributed by atoms with van der Waals surface area (Å²) < 4.78 is 13.6. The Hall–Kier alpha value is -1.63. The van der Waals surface area contributed by atoms with Gasteiger partial charge in [-0.05, 0) is 12.8 Å². The van der Waals surface area contributed by atoms with E-state index in [1.165, 1.54) is 6.33 Å². The minimum atomic E-state index is -0.360. The molecule has 1 aromatic rings. The Bertz CT molecular complexity index is 357. The highest BCUT2D eigenvalue weighted by Crippen LogP contribution is 2.12. The molecule has 0 aliphatic carbocycles. The van der Waals surface area contributed by atoms with Crippen LogP contribution in [0.2, 0.25) is 0 Å². The van der Waals surface area contributed by atoms with Crippen LogP contribution in [0.3, 0.4) is 0 Å². The van der Waals surface area contributed by atoms with Gasteiger partial charge in [0.15, 0.2) is 11.6 Å². The van der Waals surface area contributed by atoms with Gasteiger partial charge in [-0.3, -0.25) is 0 Å². The maximum Gasteiger partial charge on any atom is 0.186 e. The number of terminal acetylenes is 1. The second-order valence-corrected chi connectivity index (χ2v) is 3.07. The number of unbranched alkanes of at least 4 members (excludes halogenated alkanes) is 1. The Labute approximate surface area is 89.1 Å². The smallest absolute Gasteiger partial charge is 0.186 e. The third kappa shape index (κ3) is 3.21. The average molecular weight is 207 g/mol. The zero-order chi connectivity index (χ0) is 11.1. The van der Waals surface area contributed by atoms with Crippen molar-refractivity contribution in [3.05, 3.63) is 17.8 Å². The third-order valence-corrected chi connectivity index (χ3v) is 1.99. The number of aryl methyl sites for hydroxylation is 1. The van der Waals surface area contributed by atoms with Gasteiger partial charge in [-0.2, -0.15) is 0 Å². The summed E-state index contributed by atoms with van der Waals surface area (Å²) in [5.74, 6) is 2.43. The van der Waals surface area contributed by atoms with E-state index in [0.717, 1.165) is 6.42 Å². The highest BCUT2D eigenvalue weighted by atomic mass is 19.1. The number of rotatable bonds is 5. The molecular formula is C11H14FN3. The molecule has 0 amide bonds. The fourth-order valence-corrected chi connectivity index (χ4v) is 1.17. The quantitative estimate of drug-likeness (QED) is 0.592. The van der Waals surface area contributed by atoms with E-state index in [9.17, 15) is 4.39 Å². The second kappa shape index (κ2) is 5.97. The molecule has 4 heteroatoms. The van der Waals surface area contributed by atoms with Gasteiger partial charge in [-0.15, -0.1) is 12.3 Å². The fraction of sp³-hybridized carbons (Fsp3) is 0.455. The molecule has 0 aromatic carbocycles. The summed E-state index contributed by atoms with van der Waals surface area (Å²) in [5, 5.41) is 2.90. The van der Waals surface area contributed by atoms with Crippen molar-refractivity contribution in [2.75, 3.05) is 11.9 Å². The van der Waals surface area contributed by atoms with Gasteiger partial charge >= 0.3 is 0 Å². The van der Waals surface area contributed by atoms with Crippen LogP contribution in [0.25, 0.3) is 0 Å². The first kappa shape index (κ1) is 11.4. The lowest BCUT2D eigenvalue weighted by molar-refractivity contribution is 0.596. The highest BCUT2D eigenvalue weighted by molar-refractivity contribution is 5.37. The molecule has 15 heavy (non-hydrogen) atoms. The van der Waals surface area contributed by atoms with Crippen LogP contribution in [-0.2, 0) is 6.42 Å². The molecule has 0 radical (unpaired) electrons. The van der Waals surface area contributed by atoms with Gasteiger partial charge in [0, 0.05) is 13.0 Å². The zero-order valence-corrected chi connectivity index (χ0v) is 8.76. The summed E-state index contributed by atoms with van der Waals surface area (Å²) in [7, 11) is 0. The van der Waals surface area contributed by atoms with E-state index in [1.807, 2.05) is 6.92 Å². The molecule has 1 rings (SSSR count). The summed E-state index contributed by atoms with van der Waals surface area (Å²) in [5.41, 5.74) is 0.435.